The highest BCUT2D eigenvalue weighted by Crippen LogP contribution is 2.17. The van der Waals surface area contributed by atoms with Crippen LogP contribution in [0.4, 0.5) is 0 Å². The summed E-state index contributed by atoms with van der Waals surface area (Å²) in [4.78, 5) is 13.7. The zero-order valence-corrected chi connectivity index (χ0v) is 16.6. The highest BCUT2D eigenvalue weighted by Gasteiger charge is 2.21. The molecule has 7 heteroatoms. The number of nitrogens with zero attached hydrogens (tertiary/aromatic N) is 1. The van der Waals surface area contributed by atoms with Crippen LogP contribution in [0.5, 0.6) is 5.75 Å². The predicted molar refractivity (Wildman–Crippen MR) is 103 cm³/mol. The number of halogens is 1. The molecule has 0 N–H and O–H groups in total. The fourth-order valence-electron chi connectivity index (χ4n) is 2.44. The Bertz CT molecular complexity index is 859. The number of sulfone groups is 1. The minimum atomic E-state index is -3.70. The van der Waals surface area contributed by atoms with Crippen molar-refractivity contribution in [2.45, 2.75) is 18.7 Å². The van der Waals surface area contributed by atoms with Crippen molar-refractivity contribution >= 4 is 27.3 Å². The molecule has 2 aromatic rings. The number of ether oxygens (including phenoxy) is 1. The van der Waals surface area contributed by atoms with Crippen LogP contribution in [0.1, 0.15) is 11.1 Å². The number of hydrogen-bond acceptors (Lipinski definition) is 4. The van der Waals surface area contributed by atoms with Gasteiger partial charge in [0.1, 0.15) is 18.1 Å². The average molecular weight is 396 g/mol. The third-order valence-corrected chi connectivity index (χ3v) is 5.67. The Morgan fingerprint density at radius 1 is 1.08 bits per heavy atom. The van der Waals surface area contributed by atoms with Crippen molar-refractivity contribution in [3.8, 4) is 5.75 Å². The lowest BCUT2D eigenvalue weighted by atomic mass is 10.1. The van der Waals surface area contributed by atoms with E-state index in [1.54, 1.807) is 7.05 Å². The summed E-state index contributed by atoms with van der Waals surface area (Å²) in [6.45, 7) is 4.54. The van der Waals surface area contributed by atoms with Crippen LogP contribution in [0.15, 0.2) is 47.4 Å². The van der Waals surface area contributed by atoms with Crippen molar-refractivity contribution in [3.63, 3.8) is 0 Å². The molecular formula is C19H22ClNO4S. The Balaban J connectivity index is 1.89. The standard InChI is InChI=1S/C19H22ClNO4S/c1-14-10-15(2)12-17(11-14)25-9-8-21(3)19(22)13-26(23,24)18-6-4-16(20)5-7-18/h4-7,10-12H,8-9,13H2,1-3H3. The molecule has 0 aliphatic heterocycles. The zero-order chi connectivity index (χ0) is 19.3. The number of likely N-dealkylation sites (N-methyl/N-ethyl adjacent to an activating group) is 1. The third-order valence-electron chi connectivity index (χ3n) is 3.80. The minimum Gasteiger partial charge on any atom is -0.492 e. The van der Waals surface area contributed by atoms with Crippen molar-refractivity contribution in [2.75, 3.05) is 26.0 Å². The van der Waals surface area contributed by atoms with E-state index in [9.17, 15) is 13.2 Å². The van der Waals surface area contributed by atoms with Gasteiger partial charge in [-0.3, -0.25) is 4.79 Å². The molecule has 0 aliphatic rings. The van der Waals surface area contributed by atoms with Gasteiger partial charge in [0, 0.05) is 12.1 Å². The van der Waals surface area contributed by atoms with Crippen LogP contribution in [0, 0.1) is 13.8 Å². The maximum atomic E-state index is 12.3. The first-order valence-corrected chi connectivity index (χ1v) is 10.1. The number of carbonyl (C=O) groups is 1. The molecule has 0 bridgehead atoms. The minimum absolute atomic E-state index is 0.0788. The normalized spacial score (nSPS) is 11.2. The van der Waals surface area contributed by atoms with Crippen molar-refractivity contribution in [2.24, 2.45) is 0 Å². The first kappa shape index (κ1) is 20.3. The van der Waals surface area contributed by atoms with Crippen LogP contribution in [0.3, 0.4) is 0 Å². The molecule has 26 heavy (non-hydrogen) atoms. The molecule has 2 aromatic carbocycles. The Kier molecular flexibility index (Phi) is 6.67. The number of benzene rings is 2. The molecule has 0 heterocycles. The van der Waals surface area contributed by atoms with Crippen LogP contribution in [-0.2, 0) is 14.6 Å². The molecule has 0 radical (unpaired) electrons. The molecule has 0 unspecified atom stereocenters. The summed E-state index contributed by atoms with van der Waals surface area (Å²) >= 11 is 5.76. The number of aryl methyl sites for hydroxylation is 2. The van der Waals surface area contributed by atoms with E-state index < -0.39 is 21.5 Å². The summed E-state index contributed by atoms with van der Waals surface area (Å²) in [5.74, 6) is -0.338. The topological polar surface area (TPSA) is 63.7 Å². The number of carbonyl (C=O) groups excluding carboxylic acids is 1. The predicted octanol–water partition coefficient (Wildman–Crippen LogP) is 3.27. The molecule has 0 fully saturated rings. The van der Waals surface area contributed by atoms with Crippen molar-refractivity contribution in [1.82, 2.24) is 4.90 Å². The van der Waals surface area contributed by atoms with E-state index in [0.29, 0.717) is 11.6 Å². The monoisotopic (exact) mass is 395 g/mol. The summed E-state index contributed by atoms with van der Waals surface area (Å²) in [6, 6.07) is 11.6. The van der Waals surface area contributed by atoms with E-state index in [0.717, 1.165) is 16.9 Å². The van der Waals surface area contributed by atoms with Crippen molar-refractivity contribution in [1.29, 1.82) is 0 Å². The van der Waals surface area contributed by atoms with Gasteiger partial charge in [-0.2, -0.15) is 0 Å². The average Bonchev–Trinajstić information content (AvgIpc) is 2.53. The number of hydrogen-bond donors (Lipinski definition) is 0. The SMILES string of the molecule is Cc1cc(C)cc(OCCN(C)C(=O)CS(=O)(=O)c2ccc(Cl)cc2)c1. The lowest BCUT2D eigenvalue weighted by Gasteiger charge is -2.18. The number of amides is 1. The highest BCUT2D eigenvalue weighted by molar-refractivity contribution is 7.92. The largest absolute Gasteiger partial charge is 0.492 e. The van der Waals surface area contributed by atoms with Crippen molar-refractivity contribution < 1.29 is 17.9 Å². The van der Waals surface area contributed by atoms with E-state index in [4.69, 9.17) is 16.3 Å². The number of rotatable bonds is 7. The van der Waals surface area contributed by atoms with Crippen LogP contribution in [0.2, 0.25) is 5.02 Å². The van der Waals surface area contributed by atoms with Crippen molar-refractivity contribution in [3.05, 3.63) is 58.6 Å². The second-order valence-electron chi connectivity index (χ2n) is 6.20. The van der Waals surface area contributed by atoms with Gasteiger partial charge in [-0.1, -0.05) is 17.7 Å². The maximum absolute atomic E-state index is 12.3. The molecule has 2 rings (SSSR count). The molecule has 0 aliphatic carbocycles. The smallest absolute Gasteiger partial charge is 0.238 e. The molecule has 0 spiro atoms. The van der Waals surface area contributed by atoms with Gasteiger partial charge >= 0.3 is 0 Å². The van der Waals surface area contributed by atoms with Gasteiger partial charge in [0.05, 0.1) is 11.4 Å². The highest BCUT2D eigenvalue weighted by atomic mass is 35.5. The first-order chi connectivity index (χ1) is 12.2. The summed E-state index contributed by atoms with van der Waals surface area (Å²) in [5, 5.41) is 0.441. The molecule has 0 saturated carbocycles. The second kappa shape index (κ2) is 8.56. The molecule has 0 aromatic heterocycles. The fourth-order valence-corrected chi connectivity index (χ4v) is 3.83. The van der Waals surface area contributed by atoms with E-state index in [2.05, 4.69) is 0 Å². The lowest BCUT2D eigenvalue weighted by molar-refractivity contribution is -0.127. The summed E-state index contributed by atoms with van der Waals surface area (Å²) in [6.07, 6.45) is 0. The Labute approximate surface area is 159 Å². The van der Waals surface area contributed by atoms with Crippen LogP contribution >= 0.6 is 11.6 Å². The molecule has 5 nitrogen and oxygen atoms in total. The van der Waals surface area contributed by atoms with E-state index in [1.807, 2.05) is 32.0 Å². The van der Waals surface area contributed by atoms with Gasteiger partial charge in [-0.05, 0) is 61.4 Å². The Morgan fingerprint density at radius 3 is 2.23 bits per heavy atom. The van der Waals surface area contributed by atoms with Crippen LogP contribution in [-0.4, -0.2) is 45.2 Å². The fraction of sp³-hybridized carbons (Fsp3) is 0.316. The molecule has 0 saturated heterocycles. The maximum Gasteiger partial charge on any atom is 0.238 e. The van der Waals surface area contributed by atoms with E-state index >= 15 is 0 Å². The molecular weight excluding hydrogens is 374 g/mol. The van der Waals surface area contributed by atoms with Gasteiger partial charge in [0.15, 0.2) is 9.84 Å². The lowest BCUT2D eigenvalue weighted by Crippen LogP contribution is -2.35. The van der Waals surface area contributed by atoms with Gasteiger partial charge in [-0.15, -0.1) is 0 Å². The second-order valence-corrected chi connectivity index (χ2v) is 8.63. The zero-order valence-electron chi connectivity index (χ0n) is 15.0. The summed E-state index contributed by atoms with van der Waals surface area (Å²) < 4.78 is 30.3. The van der Waals surface area contributed by atoms with Crippen LogP contribution in [0.25, 0.3) is 0 Å². The first-order valence-electron chi connectivity index (χ1n) is 8.11. The molecule has 1 amide bonds. The quantitative estimate of drug-likeness (QED) is 0.721. The van der Waals surface area contributed by atoms with E-state index in [1.165, 1.54) is 29.2 Å². The van der Waals surface area contributed by atoms with Gasteiger partial charge in [0.2, 0.25) is 5.91 Å². The summed E-state index contributed by atoms with van der Waals surface area (Å²) in [5.41, 5.74) is 2.19. The third kappa shape index (κ3) is 5.75. The molecule has 140 valence electrons. The molecule has 0 atom stereocenters. The van der Waals surface area contributed by atoms with Gasteiger partial charge < -0.3 is 9.64 Å². The Hall–Kier alpha value is -2.05. The Morgan fingerprint density at radius 2 is 1.65 bits per heavy atom. The van der Waals surface area contributed by atoms with Gasteiger partial charge in [-0.25, -0.2) is 8.42 Å². The van der Waals surface area contributed by atoms with E-state index in [-0.39, 0.29) is 11.5 Å². The van der Waals surface area contributed by atoms with Crippen LogP contribution < -0.4 is 4.74 Å². The summed E-state index contributed by atoms with van der Waals surface area (Å²) in [7, 11) is -2.14. The van der Waals surface area contributed by atoms with Gasteiger partial charge in [0.25, 0.3) is 0 Å².